The number of hydrogen-bond acceptors (Lipinski definition) is 3. The van der Waals surface area contributed by atoms with Gasteiger partial charge in [0.05, 0.1) is 13.7 Å². The summed E-state index contributed by atoms with van der Waals surface area (Å²) in [6, 6.07) is 5.11. The fourth-order valence-corrected chi connectivity index (χ4v) is 1.12. The molecule has 75 valence electrons. The van der Waals surface area contributed by atoms with E-state index in [0.29, 0.717) is 17.9 Å². The van der Waals surface area contributed by atoms with Gasteiger partial charge in [-0.2, -0.15) is 0 Å². The van der Waals surface area contributed by atoms with Gasteiger partial charge in [0.1, 0.15) is 11.3 Å². The average molecular weight is 193 g/mol. The summed E-state index contributed by atoms with van der Waals surface area (Å²) in [7, 11) is 1.34. The van der Waals surface area contributed by atoms with Gasteiger partial charge in [0.15, 0.2) is 0 Å². The summed E-state index contributed by atoms with van der Waals surface area (Å²) in [6.45, 7) is 6.12. The summed E-state index contributed by atoms with van der Waals surface area (Å²) >= 11 is 0. The molecule has 0 aromatic heterocycles. The minimum atomic E-state index is -0.395. The predicted octanol–water partition coefficient (Wildman–Crippen LogP) is 2.05. The van der Waals surface area contributed by atoms with Crippen LogP contribution in [0, 0.1) is 6.92 Å². The molecule has 1 aromatic carbocycles. The molecule has 0 aliphatic rings. The average Bonchev–Trinajstić information content (AvgIpc) is 2.17. The van der Waals surface area contributed by atoms with Crippen LogP contribution in [0.25, 0.3) is 0 Å². The highest BCUT2D eigenvalue weighted by Gasteiger charge is 2.12. The lowest BCUT2D eigenvalue weighted by atomic mass is 10.1. The zero-order valence-corrected chi connectivity index (χ0v) is 8.37. The van der Waals surface area contributed by atoms with Crippen LogP contribution in [-0.2, 0) is 4.74 Å². The van der Waals surface area contributed by atoms with Gasteiger partial charge >= 0.3 is 5.97 Å². The molecular weight excluding hydrogens is 180 g/mol. The fourth-order valence-electron chi connectivity index (χ4n) is 1.12. The van der Waals surface area contributed by atoms with Crippen LogP contribution in [-0.4, -0.2) is 19.7 Å². The minimum absolute atomic E-state index is 0.395. The van der Waals surface area contributed by atoms with Crippen molar-refractivity contribution in [2.45, 2.75) is 6.92 Å². The van der Waals surface area contributed by atoms with E-state index >= 15 is 0 Å². The third kappa shape index (κ3) is 2.25. The van der Waals surface area contributed by atoms with Crippen molar-refractivity contribution in [1.82, 2.24) is 0 Å². The SMILES string of the molecule is [CH2]c1ccc(C(=O)OC)c(OCC)c1. The van der Waals surface area contributed by atoms with Crippen molar-refractivity contribution >= 4 is 5.97 Å². The number of esters is 1. The van der Waals surface area contributed by atoms with Crippen LogP contribution in [0.2, 0.25) is 0 Å². The molecule has 1 rings (SSSR count). The lowest BCUT2D eigenvalue weighted by Gasteiger charge is -2.08. The first-order chi connectivity index (χ1) is 6.69. The molecule has 0 saturated carbocycles. The third-order valence-corrected chi connectivity index (χ3v) is 1.75. The van der Waals surface area contributed by atoms with Gasteiger partial charge in [-0.3, -0.25) is 0 Å². The Morgan fingerprint density at radius 3 is 2.79 bits per heavy atom. The lowest BCUT2D eigenvalue weighted by molar-refractivity contribution is 0.0596. The second kappa shape index (κ2) is 4.65. The molecule has 1 aromatic rings. The van der Waals surface area contributed by atoms with E-state index in [1.807, 2.05) is 6.92 Å². The van der Waals surface area contributed by atoms with Gasteiger partial charge in [-0.1, -0.05) is 6.07 Å². The quantitative estimate of drug-likeness (QED) is 0.689. The van der Waals surface area contributed by atoms with Crippen molar-refractivity contribution in [3.05, 3.63) is 36.2 Å². The van der Waals surface area contributed by atoms with Crippen LogP contribution < -0.4 is 4.74 Å². The van der Waals surface area contributed by atoms with Crippen molar-refractivity contribution in [3.63, 3.8) is 0 Å². The van der Waals surface area contributed by atoms with Crippen LogP contribution in [0.3, 0.4) is 0 Å². The number of carbonyl (C=O) groups is 1. The summed E-state index contributed by atoms with van der Waals surface area (Å²) in [5, 5.41) is 0. The zero-order valence-electron chi connectivity index (χ0n) is 8.37. The van der Waals surface area contributed by atoms with Gasteiger partial charge in [0.25, 0.3) is 0 Å². The van der Waals surface area contributed by atoms with Gasteiger partial charge in [0, 0.05) is 0 Å². The summed E-state index contributed by atoms with van der Waals surface area (Å²) in [5.41, 5.74) is 1.24. The van der Waals surface area contributed by atoms with Crippen LogP contribution in [0.1, 0.15) is 22.8 Å². The Hall–Kier alpha value is -1.51. The minimum Gasteiger partial charge on any atom is -0.493 e. The lowest BCUT2D eigenvalue weighted by Crippen LogP contribution is -2.05. The van der Waals surface area contributed by atoms with E-state index in [0.717, 1.165) is 5.56 Å². The number of rotatable bonds is 3. The first-order valence-electron chi connectivity index (χ1n) is 4.36. The molecule has 0 spiro atoms. The molecule has 3 nitrogen and oxygen atoms in total. The Bertz CT molecular complexity index is 331. The summed E-state index contributed by atoms with van der Waals surface area (Å²) in [4.78, 5) is 11.3. The van der Waals surface area contributed by atoms with Gasteiger partial charge < -0.3 is 9.47 Å². The Labute approximate surface area is 83.6 Å². The molecule has 0 atom stereocenters. The molecule has 0 aliphatic carbocycles. The van der Waals surface area contributed by atoms with Crippen molar-refractivity contribution < 1.29 is 14.3 Å². The third-order valence-electron chi connectivity index (χ3n) is 1.75. The summed E-state index contributed by atoms with van der Waals surface area (Å²) < 4.78 is 9.92. The van der Waals surface area contributed by atoms with Gasteiger partial charge in [-0.15, -0.1) is 0 Å². The van der Waals surface area contributed by atoms with Crippen LogP contribution in [0.4, 0.5) is 0 Å². The summed E-state index contributed by atoms with van der Waals surface area (Å²) in [6.07, 6.45) is 0. The molecule has 0 amide bonds. The standard InChI is InChI=1S/C11H13O3/c1-4-14-10-7-8(2)5-6-9(10)11(12)13-3/h5-7H,2,4H2,1,3H3. The van der Waals surface area contributed by atoms with Gasteiger partial charge in [-0.05, 0) is 31.5 Å². The monoisotopic (exact) mass is 193 g/mol. The molecule has 0 N–H and O–H groups in total. The largest absolute Gasteiger partial charge is 0.493 e. The van der Waals surface area contributed by atoms with Gasteiger partial charge in [0.2, 0.25) is 0 Å². The maximum Gasteiger partial charge on any atom is 0.341 e. The van der Waals surface area contributed by atoms with Crippen molar-refractivity contribution in [2.75, 3.05) is 13.7 Å². The molecule has 0 saturated heterocycles. The molecule has 0 unspecified atom stereocenters. The maximum atomic E-state index is 11.3. The van der Waals surface area contributed by atoms with E-state index in [-0.39, 0.29) is 0 Å². The zero-order chi connectivity index (χ0) is 10.6. The number of ether oxygens (including phenoxy) is 2. The molecule has 0 aliphatic heterocycles. The van der Waals surface area contributed by atoms with Crippen molar-refractivity contribution in [2.24, 2.45) is 0 Å². The van der Waals surface area contributed by atoms with Gasteiger partial charge in [-0.25, -0.2) is 4.79 Å². The number of methoxy groups -OCH3 is 1. The highest BCUT2D eigenvalue weighted by atomic mass is 16.5. The second-order valence-corrected chi connectivity index (χ2v) is 2.76. The maximum absolute atomic E-state index is 11.3. The molecular formula is C11H13O3. The predicted molar refractivity (Wildman–Crippen MR) is 53.4 cm³/mol. The van der Waals surface area contributed by atoms with Crippen LogP contribution in [0.5, 0.6) is 5.75 Å². The van der Waals surface area contributed by atoms with E-state index in [1.165, 1.54) is 7.11 Å². The molecule has 3 heteroatoms. The molecule has 0 bridgehead atoms. The topological polar surface area (TPSA) is 35.5 Å². The Balaban J connectivity index is 3.07. The van der Waals surface area contributed by atoms with E-state index in [9.17, 15) is 4.79 Å². The first-order valence-corrected chi connectivity index (χ1v) is 4.36. The van der Waals surface area contributed by atoms with Crippen LogP contribution in [0.15, 0.2) is 18.2 Å². The normalized spacial score (nSPS) is 9.64. The Kier molecular flexibility index (Phi) is 3.51. The van der Waals surface area contributed by atoms with E-state index in [1.54, 1.807) is 18.2 Å². The number of benzene rings is 1. The van der Waals surface area contributed by atoms with Crippen LogP contribution >= 0.6 is 0 Å². The number of hydrogen-bond donors (Lipinski definition) is 0. The number of carbonyl (C=O) groups excluding carboxylic acids is 1. The van der Waals surface area contributed by atoms with E-state index in [2.05, 4.69) is 11.7 Å². The van der Waals surface area contributed by atoms with E-state index < -0.39 is 5.97 Å². The second-order valence-electron chi connectivity index (χ2n) is 2.76. The Morgan fingerprint density at radius 2 is 2.21 bits per heavy atom. The highest BCUT2D eigenvalue weighted by molar-refractivity contribution is 5.92. The molecule has 0 fully saturated rings. The van der Waals surface area contributed by atoms with Crippen molar-refractivity contribution in [1.29, 1.82) is 0 Å². The first kappa shape index (κ1) is 10.6. The van der Waals surface area contributed by atoms with Crippen molar-refractivity contribution in [3.8, 4) is 5.75 Å². The molecule has 1 radical (unpaired) electrons. The highest BCUT2D eigenvalue weighted by Crippen LogP contribution is 2.20. The fraction of sp³-hybridized carbons (Fsp3) is 0.273. The molecule has 0 heterocycles. The molecule has 14 heavy (non-hydrogen) atoms. The smallest absolute Gasteiger partial charge is 0.341 e. The Morgan fingerprint density at radius 1 is 1.50 bits per heavy atom. The van der Waals surface area contributed by atoms with E-state index in [4.69, 9.17) is 4.74 Å². The summed E-state index contributed by atoms with van der Waals surface area (Å²) in [5.74, 6) is 0.125.